The van der Waals surface area contributed by atoms with Crippen LogP contribution in [-0.4, -0.2) is 52.5 Å². The van der Waals surface area contributed by atoms with Crippen molar-refractivity contribution in [3.63, 3.8) is 0 Å². The Morgan fingerprint density at radius 3 is 2.21 bits per heavy atom. The lowest BCUT2D eigenvalue weighted by molar-refractivity contribution is -0.116. The summed E-state index contributed by atoms with van der Waals surface area (Å²) in [5.41, 5.74) is 1.46. The molecule has 0 aromatic heterocycles. The van der Waals surface area contributed by atoms with Gasteiger partial charge >= 0.3 is 0 Å². The number of nitrogens with zero attached hydrogens (tertiary/aromatic N) is 1. The number of methoxy groups -OCH3 is 3. The van der Waals surface area contributed by atoms with E-state index >= 15 is 0 Å². The van der Waals surface area contributed by atoms with E-state index in [1.165, 1.54) is 37.8 Å². The third-order valence-electron chi connectivity index (χ3n) is 5.87. The summed E-state index contributed by atoms with van der Waals surface area (Å²) in [5, 5.41) is 2.82. The molecule has 2 aromatic rings. The Bertz CT molecular complexity index is 1080. The Balaban J connectivity index is 1.92. The molecular weight excluding hydrogens is 444 g/mol. The van der Waals surface area contributed by atoms with E-state index in [0.717, 1.165) is 24.8 Å². The Morgan fingerprint density at radius 2 is 1.58 bits per heavy atom. The third-order valence-corrected chi connectivity index (χ3v) is 7.77. The smallest absolute Gasteiger partial charge is 0.243 e. The maximum atomic E-state index is 13.7. The number of hydrogen-bond acceptors (Lipinski definition) is 6. The molecule has 1 aliphatic carbocycles. The van der Waals surface area contributed by atoms with Gasteiger partial charge in [0.15, 0.2) is 11.5 Å². The normalized spacial score (nSPS) is 14.7. The van der Waals surface area contributed by atoms with Gasteiger partial charge in [-0.05, 0) is 49.6 Å². The van der Waals surface area contributed by atoms with Crippen molar-refractivity contribution in [1.82, 2.24) is 4.31 Å². The topological polar surface area (TPSA) is 94.2 Å². The van der Waals surface area contributed by atoms with Gasteiger partial charge in [0.05, 0.1) is 38.5 Å². The lowest BCUT2D eigenvalue weighted by Gasteiger charge is -2.33. The summed E-state index contributed by atoms with van der Waals surface area (Å²) in [6.07, 6.45) is 4.35. The quantitative estimate of drug-likeness (QED) is 0.588. The third kappa shape index (κ3) is 5.78. The van der Waals surface area contributed by atoms with Crippen LogP contribution in [0, 0.1) is 6.92 Å². The molecule has 1 fully saturated rings. The zero-order valence-electron chi connectivity index (χ0n) is 19.6. The molecule has 2 aromatic carbocycles. The molecule has 1 N–H and O–H groups in total. The van der Waals surface area contributed by atoms with Crippen molar-refractivity contribution < 1.29 is 27.4 Å². The van der Waals surface area contributed by atoms with Crippen molar-refractivity contribution >= 4 is 21.6 Å². The van der Waals surface area contributed by atoms with E-state index < -0.39 is 15.9 Å². The molecule has 1 amide bonds. The van der Waals surface area contributed by atoms with Gasteiger partial charge in [0, 0.05) is 12.1 Å². The largest absolute Gasteiger partial charge is 0.495 e. The number of carbonyl (C=O) groups excluding carboxylic acids is 1. The van der Waals surface area contributed by atoms with E-state index in [-0.39, 0.29) is 17.5 Å². The maximum Gasteiger partial charge on any atom is 0.243 e. The first-order chi connectivity index (χ1) is 15.8. The van der Waals surface area contributed by atoms with Gasteiger partial charge in [-0.15, -0.1) is 0 Å². The molecule has 3 rings (SSSR count). The summed E-state index contributed by atoms with van der Waals surface area (Å²) < 4.78 is 44.6. The van der Waals surface area contributed by atoms with Crippen LogP contribution in [0.25, 0.3) is 0 Å². The van der Waals surface area contributed by atoms with E-state index in [2.05, 4.69) is 5.32 Å². The van der Waals surface area contributed by atoms with Crippen LogP contribution in [0.4, 0.5) is 5.69 Å². The number of sulfonamides is 1. The van der Waals surface area contributed by atoms with Crippen LogP contribution in [0.5, 0.6) is 17.2 Å². The molecule has 0 unspecified atom stereocenters. The van der Waals surface area contributed by atoms with E-state index in [1.54, 1.807) is 18.2 Å². The fourth-order valence-corrected chi connectivity index (χ4v) is 5.80. The summed E-state index contributed by atoms with van der Waals surface area (Å²) in [4.78, 5) is 13.1. The van der Waals surface area contributed by atoms with E-state index in [0.29, 0.717) is 35.8 Å². The fraction of sp³-hybridized carbons (Fsp3) is 0.458. The number of nitrogens with one attached hydrogen (secondary N) is 1. The number of benzene rings is 2. The predicted molar refractivity (Wildman–Crippen MR) is 127 cm³/mol. The molecule has 0 atom stereocenters. The van der Waals surface area contributed by atoms with Crippen LogP contribution in [-0.2, 0) is 14.8 Å². The molecule has 0 saturated heterocycles. The van der Waals surface area contributed by atoms with Gasteiger partial charge in [-0.1, -0.05) is 25.3 Å². The summed E-state index contributed by atoms with van der Waals surface area (Å²) in [5.74, 6) is 0.843. The molecule has 8 nitrogen and oxygen atoms in total. The Hall–Kier alpha value is -2.78. The highest BCUT2D eigenvalue weighted by molar-refractivity contribution is 7.89. The summed E-state index contributed by atoms with van der Waals surface area (Å²) in [6.45, 7) is 1.61. The van der Waals surface area contributed by atoms with Gasteiger partial charge in [-0.2, -0.15) is 4.31 Å². The second kappa shape index (κ2) is 10.9. The molecule has 1 saturated carbocycles. The molecule has 0 heterocycles. The first-order valence-electron chi connectivity index (χ1n) is 11.0. The van der Waals surface area contributed by atoms with E-state index in [9.17, 15) is 13.2 Å². The van der Waals surface area contributed by atoms with Crippen molar-refractivity contribution in [1.29, 1.82) is 0 Å². The summed E-state index contributed by atoms with van der Waals surface area (Å²) in [6, 6.07) is 9.67. The highest BCUT2D eigenvalue weighted by Gasteiger charge is 2.34. The van der Waals surface area contributed by atoms with Gasteiger partial charge in [-0.3, -0.25) is 4.79 Å². The van der Waals surface area contributed by atoms with Crippen molar-refractivity contribution in [3.8, 4) is 17.2 Å². The minimum absolute atomic E-state index is 0.0617. The molecule has 0 aliphatic heterocycles. The first-order valence-corrected chi connectivity index (χ1v) is 12.4. The zero-order valence-corrected chi connectivity index (χ0v) is 20.4. The number of ether oxygens (including phenoxy) is 3. The van der Waals surface area contributed by atoms with Crippen LogP contribution < -0.4 is 19.5 Å². The van der Waals surface area contributed by atoms with Crippen LogP contribution in [0.2, 0.25) is 0 Å². The standard InChI is InChI=1S/C24H32N2O6S/c1-17-10-12-21(30-2)20(14-17)25-24(27)16-26(18-8-6-5-7-9-18)33(28,29)19-11-13-22(31-3)23(15-19)32-4/h10-15,18H,5-9,16H2,1-4H3,(H,25,27). The molecule has 1 aliphatic rings. The molecule has 33 heavy (non-hydrogen) atoms. The van der Waals surface area contributed by atoms with E-state index in [4.69, 9.17) is 14.2 Å². The number of aryl methyl sites for hydroxylation is 1. The van der Waals surface area contributed by atoms with Gasteiger partial charge in [-0.25, -0.2) is 8.42 Å². The number of hydrogen-bond donors (Lipinski definition) is 1. The minimum Gasteiger partial charge on any atom is -0.495 e. The van der Waals surface area contributed by atoms with Crippen molar-refractivity contribution in [2.75, 3.05) is 33.2 Å². The number of carbonyl (C=O) groups is 1. The number of rotatable bonds is 9. The Kier molecular flexibility index (Phi) is 8.20. The molecule has 180 valence electrons. The molecular formula is C24H32N2O6S. The molecule has 0 radical (unpaired) electrons. The Labute approximate surface area is 195 Å². The lowest BCUT2D eigenvalue weighted by Crippen LogP contribution is -2.45. The SMILES string of the molecule is COc1ccc(C)cc1NC(=O)CN(C1CCCCC1)S(=O)(=O)c1ccc(OC)c(OC)c1. The van der Waals surface area contributed by atoms with Gasteiger partial charge in [0.25, 0.3) is 0 Å². The summed E-state index contributed by atoms with van der Waals surface area (Å²) >= 11 is 0. The van der Waals surface area contributed by atoms with Crippen LogP contribution >= 0.6 is 0 Å². The van der Waals surface area contributed by atoms with Gasteiger partial charge < -0.3 is 19.5 Å². The zero-order chi connectivity index (χ0) is 24.0. The first kappa shape index (κ1) is 24.9. The number of amides is 1. The van der Waals surface area contributed by atoms with Crippen molar-refractivity contribution in [3.05, 3.63) is 42.0 Å². The molecule has 0 spiro atoms. The fourth-order valence-electron chi connectivity index (χ4n) is 4.14. The molecule has 9 heteroatoms. The molecule has 0 bridgehead atoms. The van der Waals surface area contributed by atoms with Crippen LogP contribution in [0.3, 0.4) is 0 Å². The maximum absolute atomic E-state index is 13.7. The van der Waals surface area contributed by atoms with E-state index in [1.807, 2.05) is 13.0 Å². The number of anilines is 1. The second-order valence-corrected chi connectivity index (χ2v) is 10.0. The van der Waals surface area contributed by atoms with Crippen LogP contribution in [0.1, 0.15) is 37.7 Å². The van der Waals surface area contributed by atoms with Crippen LogP contribution in [0.15, 0.2) is 41.3 Å². The highest BCUT2D eigenvalue weighted by Crippen LogP contribution is 2.33. The second-order valence-electron chi connectivity index (χ2n) is 8.11. The van der Waals surface area contributed by atoms with Crippen molar-refractivity contribution in [2.45, 2.75) is 50.0 Å². The Morgan fingerprint density at radius 1 is 0.939 bits per heavy atom. The average molecular weight is 477 g/mol. The predicted octanol–water partition coefficient (Wildman–Crippen LogP) is 3.98. The van der Waals surface area contributed by atoms with Gasteiger partial charge in [0.1, 0.15) is 5.75 Å². The minimum atomic E-state index is -3.96. The summed E-state index contributed by atoms with van der Waals surface area (Å²) in [7, 11) is 0.505. The highest BCUT2D eigenvalue weighted by atomic mass is 32.2. The van der Waals surface area contributed by atoms with Crippen molar-refractivity contribution in [2.24, 2.45) is 0 Å². The lowest BCUT2D eigenvalue weighted by atomic mass is 9.95. The van der Waals surface area contributed by atoms with Gasteiger partial charge in [0.2, 0.25) is 15.9 Å². The average Bonchev–Trinajstić information content (AvgIpc) is 2.82. The monoisotopic (exact) mass is 476 g/mol.